The molecule has 0 saturated heterocycles. The van der Waals surface area contributed by atoms with Crippen LogP contribution in [0.4, 0.5) is 0 Å². The number of hydrogen-bond acceptors (Lipinski definition) is 3. The summed E-state index contributed by atoms with van der Waals surface area (Å²) in [6, 6.07) is 8.17. The van der Waals surface area contributed by atoms with Crippen LogP contribution in [0.5, 0.6) is 0 Å². The van der Waals surface area contributed by atoms with E-state index >= 15 is 0 Å². The topological polar surface area (TPSA) is 55.4 Å². The minimum atomic E-state index is -0.585. The van der Waals surface area contributed by atoms with Crippen molar-refractivity contribution < 1.29 is 14.3 Å². The second kappa shape index (κ2) is 13.6. The molecule has 1 rings (SSSR count). The number of hydrogen-bond donors (Lipinski definition) is 1. The van der Waals surface area contributed by atoms with Crippen molar-refractivity contribution in [3.63, 3.8) is 0 Å². The lowest BCUT2D eigenvalue weighted by Gasteiger charge is -2.14. The molecule has 4 heteroatoms. The SMILES string of the molecule is CC.CC.CC[C@H](NC(=O)c1ccccc1)C(=O)OC. The first-order valence-electron chi connectivity index (χ1n) is 7.12. The maximum atomic E-state index is 11.7. The Morgan fingerprint density at radius 3 is 2.00 bits per heavy atom. The van der Waals surface area contributed by atoms with E-state index in [1.54, 1.807) is 24.3 Å². The number of nitrogens with one attached hydrogen (secondary N) is 1. The van der Waals surface area contributed by atoms with E-state index in [0.717, 1.165) is 0 Å². The van der Waals surface area contributed by atoms with Gasteiger partial charge < -0.3 is 10.1 Å². The highest BCUT2D eigenvalue weighted by atomic mass is 16.5. The maximum Gasteiger partial charge on any atom is 0.328 e. The summed E-state index contributed by atoms with van der Waals surface area (Å²) in [4.78, 5) is 23.0. The van der Waals surface area contributed by atoms with Crippen molar-refractivity contribution in [3.8, 4) is 0 Å². The first-order chi connectivity index (χ1) is 9.69. The number of carbonyl (C=O) groups is 2. The van der Waals surface area contributed by atoms with Gasteiger partial charge in [-0.3, -0.25) is 4.79 Å². The maximum absolute atomic E-state index is 11.7. The van der Waals surface area contributed by atoms with E-state index in [0.29, 0.717) is 12.0 Å². The fourth-order valence-corrected chi connectivity index (χ4v) is 1.30. The summed E-state index contributed by atoms with van der Waals surface area (Å²) in [5, 5.41) is 2.62. The number of ether oxygens (including phenoxy) is 1. The first-order valence-corrected chi connectivity index (χ1v) is 7.12. The van der Waals surface area contributed by atoms with E-state index < -0.39 is 12.0 Å². The molecule has 1 N–H and O–H groups in total. The predicted molar refractivity (Wildman–Crippen MR) is 82.7 cm³/mol. The van der Waals surface area contributed by atoms with Gasteiger partial charge in [0.2, 0.25) is 0 Å². The van der Waals surface area contributed by atoms with Gasteiger partial charge in [-0.25, -0.2) is 4.79 Å². The fraction of sp³-hybridized carbons (Fsp3) is 0.500. The van der Waals surface area contributed by atoms with Gasteiger partial charge in [0, 0.05) is 5.56 Å². The molecule has 0 aliphatic carbocycles. The molecule has 0 unspecified atom stereocenters. The van der Waals surface area contributed by atoms with Crippen LogP contribution in [0.25, 0.3) is 0 Å². The molecule has 0 spiro atoms. The molecule has 0 bridgehead atoms. The molecule has 0 saturated carbocycles. The third kappa shape index (κ3) is 7.56. The molecular weight excluding hydrogens is 254 g/mol. The molecule has 1 atom stereocenters. The van der Waals surface area contributed by atoms with Gasteiger partial charge in [-0.05, 0) is 18.6 Å². The zero-order chi connectivity index (χ0) is 16.0. The Morgan fingerprint density at radius 1 is 1.10 bits per heavy atom. The van der Waals surface area contributed by atoms with Crippen molar-refractivity contribution in [2.45, 2.75) is 47.1 Å². The van der Waals surface area contributed by atoms with Crippen LogP contribution >= 0.6 is 0 Å². The van der Waals surface area contributed by atoms with Gasteiger partial charge in [0.1, 0.15) is 6.04 Å². The molecule has 4 nitrogen and oxygen atoms in total. The van der Waals surface area contributed by atoms with Crippen LogP contribution in [-0.2, 0) is 9.53 Å². The Labute approximate surface area is 122 Å². The van der Waals surface area contributed by atoms with Crippen molar-refractivity contribution >= 4 is 11.9 Å². The van der Waals surface area contributed by atoms with Crippen molar-refractivity contribution in [2.24, 2.45) is 0 Å². The third-order valence-electron chi connectivity index (χ3n) is 2.24. The first kappa shape index (κ1) is 20.5. The normalized spacial score (nSPS) is 9.90. The monoisotopic (exact) mass is 281 g/mol. The van der Waals surface area contributed by atoms with Crippen molar-refractivity contribution in [1.82, 2.24) is 5.32 Å². The number of amides is 1. The van der Waals surface area contributed by atoms with Gasteiger partial charge in [-0.15, -0.1) is 0 Å². The van der Waals surface area contributed by atoms with Crippen molar-refractivity contribution in [2.75, 3.05) is 7.11 Å². The van der Waals surface area contributed by atoms with Gasteiger partial charge in [0.15, 0.2) is 0 Å². The largest absolute Gasteiger partial charge is 0.467 e. The van der Waals surface area contributed by atoms with E-state index in [9.17, 15) is 9.59 Å². The number of methoxy groups -OCH3 is 1. The number of rotatable bonds is 4. The quantitative estimate of drug-likeness (QED) is 0.860. The molecule has 0 aliphatic heterocycles. The van der Waals surface area contributed by atoms with Gasteiger partial charge in [0.25, 0.3) is 5.91 Å². The molecule has 0 aromatic heterocycles. The third-order valence-corrected chi connectivity index (χ3v) is 2.24. The highest BCUT2D eigenvalue weighted by Crippen LogP contribution is 2.01. The minimum absolute atomic E-state index is 0.266. The number of benzene rings is 1. The average Bonchev–Trinajstić information content (AvgIpc) is 2.56. The lowest BCUT2D eigenvalue weighted by molar-refractivity contribution is -0.142. The summed E-state index contributed by atoms with van der Waals surface area (Å²) >= 11 is 0. The summed E-state index contributed by atoms with van der Waals surface area (Å²) < 4.78 is 4.59. The summed E-state index contributed by atoms with van der Waals surface area (Å²) in [7, 11) is 1.31. The highest BCUT2D eigenvalue weighted by Gasteiger charge is 2.19. The number of carbonyl (C=O) groups excluding carboxylic acids is 2. The molecule has 0 aliphatic rings. The Morgan fingerprint density at radius 2 is 1.60 bits per heavy atom. The van der Waals surface area contributed by atoms with E-state index in [1.165, 1.54) is 7.11 Å². The smallest absolute Gasteiger partial charge is 0.328 e. The molecule has 1 aromatic carbocycles. The molecule has 114 valence electrons. The van der Waals surface area contributed by atoms with Crippen LogP contribution in [0, 0.1) is 0 Å². The summed E-state index contributed by atoms with van der Waals surface area (Å²) in [6.45, 7) is 9.81. The Bertz CT molecular complexity index is 363. The predicted octanol–water partition coefficient (Wildman–Crippen LogP) is 3.42. The van der Waals surface area contributed by atoms with E-state index in [2.05, 4.69) is 10.1 Å². The minimum Gasteiger partial charge on any atom is -0.467 e. The standard InChI is InChI=1S/C12H15NO3.2C2H6/c1-3-10(12(15)16-2)13-11(14)9-7-5-4-6-8-9;2*1-2/h4-8,10H,3H2,1-2H3,(H,13,14);2*1-2H3/t10-;;/m0../s1. The molecule has 0 radical (unpaired) electrons. The van der Waals surface area contributed by atoms with Gasteiger partial charge in [0.05, 0.1) is 7.11 Å². The van der Waals surface area contributed by atoms with Crippen LogP contribution < -0.4 is 5.32 Å². The zero-order valence-corrected chi connectivity index (χ0v) is 13.4. The zero-order valence-electron chi connectivity index (χ0n) is 13.4. The summed E-state index contributed by atoms with van der Waals surface area (Å²) in [5.74, 6) is -0.690. The second-order valence-corrected chi connectivity index (χ2v) is 3.32. The molecule has 20 heavy (non-hydrogen) atoms. The lowest BCUT2D eigenvalue weighted by atomic mass is 10.1. The average molecular weight is 281 g/mol. The summed E-state index contributed by atoms with van der Waals surface area (Å²) in [6.07, 6.45) is 0.505. The molecule has 1 amide bonds. The van der Waals surface area contributed by atoms with Crippen molar-refractivity contribution in [3.05, 3.63) is 35.9 Å². The Kier molecular flexibility index (Phi) is 13.9. The summed E-state index contributed by atoms with van der Waals surface area (Å²) in [5.41, 5.74) is 0.532. The van der Waals surface area contributed by atoms with Crippen LogP contribution in [0.15, 0.2) is 30.3 Å². The Hall–Kier alpha value is -1.84. The van der Waals surface area contributed by atoms with Gasteiger partial charge >= 0.3 is 5.97 Å². The second-order valence-electron chi connectivity index (χ2n) is 3.32. The highest BCUT2D eigenvalue weighted by molar-refractivity contribution is 5.96. The van der Waals surface area contributed by atoms with Crippen LogP contribution in [-0.4, -0.2) is 25.0 Å². The Balaban J connectivity index is 0. The molecule has 0 fully saturated rings. The van der Waals surface area contributed by atoms with E-state index in [1.807, 2.05) is 40.7 Å². The van der Waals surface area contributed by atoms with Crippen LogP contribution in [0.1, 0.15) is 51.4 Å². The van der Waals surface area contributed by atoms with E-state index in [4.69, 9.17) is 0 Å². The fourth-order valence-electron chi connectivity index (χ4n) is 1.30. The van der Waals surface area contributed by atoms with Crippen molar-refractivity contribution in [1.29, 1.82) is 0 Å². The lowest BCUT2D eigenvalue weighted by Crippen LogP contribution is -2.40. The molecule has 1 aromatic rings. The van der Waals surface area contributed by atoms with Crippen LogP contribution in [0.2, 0.25) is 0 Å². The molecule has 0 heterocycles. The van der Waals surface area contributed by atoms with Gasteiger partial charge in [-0.2, -0.15) is 0 Å². The van der Waals surface area contributed by atoms with Crippen LogP contribution in [0.3, 0.4) is 0 Å². The number of esters is 1. The van der Waals surface area contributed by atoms with Gasteiger partial charge in [-0.1, -0.05) is 52.8 Å². The van der Waals surface area contributed by atoms with E-state index in [-0.39, 0.29) is 5.91 Å². The molecular formula is C16H27NO3.